The summed E-state index contributed by atoms with van der Waals surface area (Å²) in [5.74, 6) is 0.572. The second-order valence-corrected chi connectivity index (χ2v) is 5.12. The highest BCUT2D eigenvalue weighted by atomic mass is 16.5. The summed E-state index contributed by atoms with van der Waals surface area (Å²) in [4.78, 5) is 0. The Labute approximate surface area is 113 Å². The van der Waals surface area contributed by atoms with Gasteiger partial charge in [-0.05, 0) is 12.0 Å². The first-order chi connectivity index (χ1) is 8.88. The van der Waals surface area contributed by atoms with E-state index in [1.807, 2.05) is 0 Å². The van der Waals surface area contributed by atoms with Crippen molar-refractivity contribution < 1.29 is 4.74 Å². The Balaban J connectivity index is 2.26. The van der Waals surface area contributed by atoms with Crippen LogP contribution in [0.15, 0.2) is 30.3 Å². The number of ether oxygens (including phenoxy) is 1. The molecule has 0 aliphatic carbocycles. The van der Waals surface area contributed by atoms with Gasteiger partial charge in [0.25, 0.3) is 0 Å². The van der Waals surface area contributed by atoms with E-state index in [2.05, 4.69) is 37.3 Å². The molecule has 0 aliphatic rings. The fraction of sp³-hybridized carbons (Fsp3) is 0.647. The Morgan fingerprint density at radius 2 is 1.61 bits per heavy atom. The van der Waals surface area contributed by atoms with Crippen LogP contribution in [0.5, 0.6) is 0 Å². The minimum Gasteiger partial charge on any atom is -0.384 e. The maximum absolute atomic E-state index is 5.35. The zero-order valence-corrected chi connectivity index (χ0v) is 12.0. The van der Waals surface area contributed by atoms with E-state index in [-0.39, 0.29) is 0 Å². The predicted molar refractivity (Wildman–Crippen MR) is 79.1 cm³/mol. The van der Waals surface area contributed by atoms with Gasteiger partial charge in [-0.2, -0.15) is 0 Å². The van der Waals surface area contributed by atoms with E-state index < -0.39 is 0 Å². The van der Waals surface area contributed by atoms with Crippen molar-refractivity contribution in [2.75, 3.05) is 13.7 Å². The zero-order chi connectivity index (χ0) is 13.1. The largest absolute Gasteiger partial charge is 0.384 e. The summed E-state index contributed by atoms with van der Waals surface area (Å²) in [6, 6.07) is 10.8. The van der Waals surface area contributed by atoms with Gasteiger partial charge in [-0.15, -0.1) is 0 Å². The molecule has 1 heteroatoms. The van der Waals surface area contributed by atoms with Gasteiger partial charge in [0.1, 0.15) is 0 Å². The molecule has 0 amide bonds. The number of rotatable bonds is 10. The summed E-state index contributed by atoms with van der Waals surface area (Å²) < 4.78 is 5.35. The summed E-state index contributed by atoms with van der Waals surface area (Å²) in [5, 5.41) is 0. The molecule has 0 aromatic heterocycles. The van der Waals surface area contributed by atoms with Gasteiger partial charge in [-0.25, -0.2) is 0 Å². The molecule has 1 nitrogen and oxygen atoms in total. The topological polar surface area (TPSA) is 9.23 Å². The van der Waals surface area contributed by atoms with Crippen molar-refractivity contribution in [3.63, 3.8) is 0 Å². The monoisotopic (exact) mass is 248 g/mol. The van der Waals surface area contributed by atoms with Crippen molar-refractivity contribution in [1.29, 1.82) is 0 Å². The quantitative estimate of drug-likeness (QED) is 0.519. The molecule has 1 atom stereocenters. The normalized spacial score (nSPS) is 12.6. The third-order valence-corrected chi connectivity index (χ3v) is 3.54. The van der Waals surface area contributed by atoms with Gasteiger partial charge in [0, 0.05) is 13.0 Å². The van der Waals surface area contributed by atoms with Crippen LogP contribution in [0.3, 0.4) is 0 Å². The molecule has 0 fully saturated rings. The van der Waals surface area contributed by atoms with Gasteiger partial charge in [0.2, 0.25) is 0 Å². The van der Waals surface area contributed by atoms with Gasteiger partial charge < -0.3 is 4.74 Å². The first kappa shape index (κ1) is 15.2. The highest BCUT2D eigenvalue weighted by Crippen LogP contribution is 2.23. The summed E-state index contributed by atoms with van der Waals surface area (Å²) in [6.07, 6.45) is 9.46. The highest BCUT2D eigenvalue weighted by Gasteiger charge is 2.10. The van der Waals surface area contributed by atoms with Crippen LogP contribution in [0, 0.1) is 0 Å². The lowest BCUT2D eigenvalue weighted by atomic mass is 9.93. The molecule has 0 N–H and O–H groups in total. The number of methoxy groups -OCH3 is 1. The second kappa shape index (κ2) is 10.1. The van der Waals surface area contributed by atoms with Crippen molar-refractivity contribution in [2.45, 2.75) is 57.8 Å². The lowest BCUT2D eigenvalue weighted by Gasteiger charge is -2.16. The maximum atomic E-state index is 5.35. The molecule has 0 aliphatic heterocycles. The van der Waals surface area contributed by atoms with Gasteiger partial charge in [-0.1, -0.05) is 75.8 Å². The average molecular weight is 248 g/mol. The van der Waals surface area contributed by atoms with Crippen LogP contribution in [0.4, 0.5) is 0 Å². The van der Waals surface area contributed by atoms with E-state index in [4.69, 9.17) is 4.74 Å². The van der Waals surface area contributed by atoms with E-state index in [0.717, 1.165) is 6.61 Å². The number of benzene rings is 1. The number of hydrogen-bond acceptors (Lipinski definition) is 1. The van der Waals surface area contributed by atoms with Crippen LogP contribution in [0.25, 0.3) is 0 Å². The molecule has 1 rings (SSSR count). The molecule has 0 radical (unpaired) electrons. The molecule has 1 unspecified atom stereocenters. The van der Waals surface area contributed by atoms with E-state index in [9.17, 15) is 0 Å². The number of unbranched alkanes of at least 4 members (excludes halogenated alkanes) is 5. The van der Waals surface area contributed by atoms with Crippen molar-refractivity contribution in [1.82, 2.24) is 0 Å². The van der Waals surface area contributed by atoms with Crippen LogP contribution in [0.2, 0.25) is 0 Å². The van der Waals surface area contributed by atoms with Gasteiger partial charge in [0.15, 0.2) is 0 Å². The van der Waals surface area contributed by atoms with Gasteiger partial charge in [-0.3, -0.25) is 0 Å². The van der Waals surface area contributed by atoms with Gasteiger partial charge >= 0.3 is 0 Å². The van der Waals surface area contributed by atoms with Crippen LogP contribution < -0.4 is 0 Å². The van der Waals surface area contributed by atoms with Crippen molar-refractivity contribution in [3.05, 3.63) is 35.9 Å². The Morgan fingerprint density at radius 3 is 2.28 bits per heavy atom. The summed E-state index contributed by atoms with van der Waals surface area (Å²) in [5.41, 5.74) is 1.42. The van der Waals surface area contributed by atoms with E-state index >= 15 is 0 Å². The number of hydrogen-bond donors (Lipinski definition) is 0. The Kier molecular flexibility index (Phi) is 8.58. The maximum Gasteiger partial charge on any atom is 0.0530 e. The molecular weight excluding hydrogens is 220 g/mol. The lowest BCUT2D eigenvalue weighted by Crippen LogP contribution is -2.06. The van der Waals surface area contributed by atoms with Crippen molar-refractivity contribution >= 4 is 0 Å². The summed E-state index contributed by atoms with van der Waals surface area (Å²) >= 11 is 0. The van der Waals surface area contributed by atoms with E-state index in [1.165, 1.54) is 50.5 Å². The molecule has 1 aromatic carbocycles. The minimum atomic E-state index is 0.572. The Bertz CT molecular complexity index is 281. The van der Waals surface area contributed by atoms with E-state index in [1.54, 1.807) is 7.11 Å². The third kappa shape index (κ3) is 6.20. The van der Waals surface area contributed by atoms with Crippen LogP contribution in [0.1, 0.15) is 63.4 Å². The van der Waals surface area contributed by atoms with Crippen LogP contribution >= 0.6 is 0 Å². The molecule has 0 bridgehead atoms. The Hall–Kier alpha value is -0.820. The van der Waals surface area contributed by atoms with Crippen molar-refractivity contribution in [2.24, 2.45) is 0 Å². The fourth-order valence-electron chi connectivity index (χ4n) is 2.44. The SMILES string of the molecule is CCCCCCCCC(COC)c1ccccc1. The first-order valence-electron chi connectivity index (χ1n) is 7.42. The standard InChI is InChI=1S/C17H28O/c1-3-4-5-6-7-9-14-17(15-18-2)16-12-10-8-11-13-16/h8,10-13,17H,3-7,9,14-15H2,1-2H3. The third-order valence-electron chi connectivity index (χ3n) is 3.54. The van der Waals surface area contributed by atoms with E-state index in [0.29, 0.717) is 5.92 Å². The first-order valence-corrected chi connectivity index (χ1v) is 7.42. The molecule has 0 spiro atoms. The highest BCUT2D eigenvalue weighted by molar-refractivity contribution is 5.19. The Morgan fingerprint density at radius 1 is 0.944 bits per heavy atom. The molecule has 0 saturated heterocycles. The van der Waals surface area contributed by atoms with Crippen LogP contribution in [-0.2, 0) is 4.74 Å². The molecular formula is C17H28O. The minimum absolute atomic E-state index is 0.572. The predicted octanol–water partition coefficient (Wildman–Crippen LogP) is 5.17. The molecule has 0 heterocycles. The second-order valence-electron chi connectivity index (χ2n) is 5.12. The molecule has 18 heavy (non-hydrogen) atoms. The fourth-order valence-corrected chi connectivity index (χ4v) is 2.44. The van der Waals surface area contributed by atoms with Crippen LogP contribution in [-0.4, -0.2) is 13.7 Å². The lowest BCUT2D eigenvalue weighted by molar-refractivity contribution is 0.174. The zero-order valence-electron chi connectivity index (χ0n) is 12.0. The summed E-state index contributed by atoms with van der Waals surface area (Å²) in [7, 11) is 1.80. The molecule has 0 saturated carbocycles. The van der Waals surface area contributed by atoms with Crippen molar-refractivity contribution in [3.8, 4) is 0 Å². The molecule has 102 valence electrons. The smallest absolute Gasteiger partial charge is 0.0530 e. The molecule has 1 aromatic rings. The summed E-state index contributed by atoms with van der Waals surface area (Å²) in [6.45, 7) is 3.11. The average Bonchev–Trinajstić information content (AvgIpc) is 2.42. The van der Waals surface area contributed by atoms with Gasteiger partial charge in [0.05, 0.1) is 6.61 Å².